The van der Waals surface area contributed by atoms with Crippen LogP contribution in [0, 0.1) is 0 Å². The quantitative estimate of drug-likeness (QED) is 0.225. The summed E-state index contributed by atoms with van der Waals surface area (Å²) in [4.78, 5) is 47.0. The molecule has 4 amide bonds. The average Bonchev–Trinajstić information content (AvgIpc) is 2.93. The Kier molecular flexibility index (Phi) is 14.2. The molecule has 0 aliphatic rings. The van der Waals surface area contributed by atoms with Crippen LogP contribution in [0.1, 0.15) is 75.3 Å². The summed E-state index contributed by atoms with van der Waals surface area (Å²) in [7, 11) is 3.26. The molecule has 0 fully saturated rings. The number of aryl methyl sites for hydroxylation is 2. The van der Waals surface area contributed by atoms with Gasteiger partial charge >= 0.3 is 0 Å². The maximum atomic E-state index is 12.2. The zero-order valence-electron chi connectivity index (χ0n) is 22.7. The highest BCUT2D eigenvalue weighted by Crippen LogP contribution is 2.15. The average molecular weight is 523 g/mol. The highest BCUT2D eigenvalue weighted by molar-refractivity contribution is 5.91. The van der Waals surface area contributed by atoms with Gasteiger partial charge in [0.1, 0.15) is 0 Å². The van der Waals surface area contributed by atoms with Crippen LogP contribution in [-0.4, -0.2) is 37.7 Å². The first-order valence-corrected chi connectivity index (χ1v) is 13.6. The minimum atomic E-state index is 0.0132. The zero-order chi connectivity index (χ0) is 27.6. The van der Waals surface area contributed by atoms with Crippen LogP contribution in [0.25, 0.3) is 0 Å². The van der Waals surface area contributed by atoms with E-state index in [2.05, 4.69) is 21.3 Å². The summed E-state index contributed by atoms with van der Waals surface area (Å²) < 4.78 is 0. The molecule has 0 heterocycles. The number of unbranched alkanes of at least 4 members (excludes halogenated alkanes) is 5. The van der Waals surface area contributed by atoms with E-state index in [-0.39, 0.29) is 23.6 Å². The molecule has 4 N–H and O–H groups in total. The fourth-order valence-corrected chi connectivity index (χ4v) is 4.00. The monoisotopic (exact) mass is 522 g/mol. The topological polar surface area (TPSA) is 116 Å². The fraction of sp³-hybridized carbons (Fsp3) is 0.467. The Morgan fingerprint density at radius 1 is 0.474 bits per heavy atom. The molecule has 0 radical (unpaired) electrons. The molecule has 38 heavy (non-hydrogen) atoms. The first kappa shape index (κ1) is 30.5. The predicted molar refractivity (Wildman–Crippen MR) is 152 cm³/mol. The van der Waals surface area contributed by atoms with E-state index in [1.807, 2.05) is 48.5 Å². The minimum Gasteiger partial charge on any atom is -0.359 e. The Balaban J connectivity index is 1.49. The van der Waals surface area contributed by atoms with Crippen LogP contribution in [0.15, 0.2) is 48.5 Å². The van der Waals surface area contributed by atoms with Crippen molar-refractivity contribution in [3.63, 3.8) is 0 Å². The third kappa shape index (κ3) is 13.0. The number of amides is 4. The van der Waals surface area contributed by atoms with Crippen molar-refractivity contribution in [2.75, 3.05) is 24.7 Å². The molecular weight excluding hydrogens is 480 g/mol. The fourth-order valence-electron chi connectivity index (χ4n) is 4.00. The number of rotatable bonds is 17. The zero-order valence-corrected chi connectivity index (χ0v) is 22.7. The molecule has 0 aromatic heterocycles. The van der Waals surface area contributed by atoms with E-state index in [1.54, 1.807) is 14.1 Å². The van der Waals surface area contributed by atoms with Crippen molar-refractivity contribution in [2.24, 2.45) is 0 Å². The lowest BCUT2D eigenvalue weighted by Crippen LogP contribution is -2.17. The highest BCUT2D eigenvalue weighted by Gasteiger charge is 2.06. The van der Waals surface area contributed by atoms with E-state index in [9.17, 15) is 19.2 Å². The van der Waals surface area contributed by atoms with Crippen molar-refractivity contribution in [1.82, 2.24) is 10.6 Å². The molecule has 0 aliphatic heterocycles. The number of benzene rings is 2. The van der Waals surface area contributed by atoms with Crippen molar-refractivity contribution in [3.05, 3.63) is 59.7 Å². The maximum absolute atomic E-state index is 12.2. The summed E-state index contributed by atoms with van der Waals surface area (Å²) >= 11 is 0. The molecule has 0 aliphatic carbocycles. The molecule has 0 bridgehead atoms. The van der Waals surface area contributed by atoms with Gasteiger partial charge in [0, 0.05) is 51.2 Å². The molecule has 2 aromatic carbocycles. The van der Waals surface area contributed by atoms with E-state index in [0.717, 1.165) is 61.0 Å². The van der Waals surface area contributed by atoms with Gasteiger partial charge in [-0.05, 0) is 61.1 Å². The molecule has 0 saturated heterocycles. The molecule has 2 aromatic rings. The van der Waals surface area contributed by atoms with E-state index >= 15 is 0 Å². The number of hydrogen-bond donors (Lipinski definition) is 4. The standard InChI is InChI=1S/C30H42N4O4/c1-31-27(35)21-15-23-11-17-25(18-12-23)33-29(37)9-7-5-3-4-6-8-10-30(38)34-26-19-13-24(14-20-26)16-22-28(36)32-2/h11-14,17-20H,3-10,15-16,21-22H2,1-2H3,(H,31,35)(H,32,36)(H,33,37)(H,34,38). The van der Waals surface area contributed by atoms with E-state index in [0.29, 0.717) is 38.5 Å². The van der Waals surface area contributed by atoms with Gasteiger partial charge in [-0.1, -0.05) is 49.9 Å². The second-order valence-corrected chi connectivity index (χ2v) is 9.46. The number of nitrogens with one attached hydrogen (secondary N) is 4. The van der Waals surface area contributed by atoms with Gasteiger partial charge in [0.25, 0.3) is 0 Å². The van der Waals surface area contributed by atoms with Crippen LogP contribution in [0.4, 0.5) is 11.4 Å². The van der Waals surface area contributed by atoms with Gasteiger partial charge in [0.05, 0.1) is 0 Å². The van der Waals surface area contributed by atoms with Crippen LogP contribution in [0.2, 0.25) is 0 Å². The number of carbonyl (C=O) groups excluding carboxylic acids is 4. The summed E-state index contributed by atoms with van der Waals surface area (Å²) in [6, 6.07) is 15.2. The Labute approximate surface area is 226 Å². The first-order chi connectivity index (χ1) is 18.4. The summed E-state index contributed by atoms with van der Waals surface area (Å²) in [5.41, 5.74) is 3.67. The largest absolute Gasteiger partial charge is 0.359 e. The molecule has 0 spiro atoms. The number of carbonyl (C=O) groups is 4. The van der Waals surface area contributed by atoms with Crippen molar-refractivity contribution < 1.29 is 19.2 Å². The van der Waals surface area contributed by atoms with Crippen LogP contribution < -0.4 is 21.3 Å². The van der Waals surface area contributed by atoms with E-state index in [4.69, 9.17) is 0 Å². The van der Waals surface area contributed by atoms with Gasteiger partial charge in [-0.3, -0.25) is 19.2 Å². The maximum Gasteiger partial charge on any atom is 0.224 e. The lowest BCUT2D eigenvalue weighted by atomic mass is 10.1. The van der Waals surface area contributed by atoms with Gasteiger partial charge < -0.3 is 21.3 Å². The highest BCUT2D eigenvalue weighted by atomic mass is 16.2. The lowest BCUT2D eigenvalue weighted by molar-refractivity contribution is -0.121. The van der Waals surface area contributed by atoms with Crippen molar-refractivity contribution in [2.45, 2.75) is 77.0 Å². The van der Waals surface area contributed by atoms with Gasteiger partial charge in [-0.15, -0.1) is 0 Å². The third-order valence-electron chi connectivity index (χ3n) is 6.37. The Bertz CT molecular complexity index is 936. The first-order valence-electron chi connectivity index (χ1n) is 13.6. The lowest BCUT2D eigenvalue weighted by Gasteiger charge is -2.07. The summed E-state index contributed by atoms with van der Waals surface area (Å²) in [6.45, 7) is 0. The smallest absolute Gasteiger partial charge is 0.224 e. The predicted octanol–water partition coefficient (Wildman–Crippen LogP) is 4.74. The van der Waals surface area contributed by atoms with Crippen LogP contribution in [-0.2, 0) is 32.0 Å². The molecule has 8 heteroatoms. The Hall–Kier alpha value is -3.68. The van der Waals surface area contributed by atoms with E-state index < -0.39 is 0 Å². The minimum absolute atomic E-state index is 0.0132. The molecule has 206 valence electrons. The van der Waals surface area contributed by atoms with Crippen molar-refractivity contribution in [3.8, 4) is 0 Å². The van der Waals surface area contributed by atoms with Gasteiger partial charge in [-0.2, -0.15) is 0 Å². The van der Waals surface area contributed by atoms with Crippen LogP contribution in [0.3, 0.4) is 0 Å². The molecule has 0 atom stereocenters. The number of hydrogen-bond acceptors (Lipinski definition) is 4. The van der Waals surface area contributed by atoms with Gasteiger partial charge in [-0.25, -0.2) is 0 Å². The van der Waals surface area contributed by atoms with Crippen molar-refractivity contribution in [1.29, 1.82) is 0 Å². The summed E-state index contributed by atoms with van der Waals surface area (Å²) in [5.74, 6) is 0.0591. The molecule has 0 saturated carbocycles. The molecule has 8 nitrogen and oxygen atoms in total. The molecule has 2 rings (SSSR count). The van der Waals surface area contributed by atoms with Crippen LogP contribution in [0.5, 0.6) is 0 Å². The normalized spacial score (nSPS) is 10.5. The summed E-state index contributed by atoms with van der Waals surface area (Å²) in [6.07, 6.45) is 9.00. The van der Waals surface area contributed by atoms with Crippen molar-refractivity contribution >= 4 is 35.0 Å². The third-order valence-corrected chi connectivity index (χ3v) is 6.37. The SMILES string of the molecule is CNC(=O)CCc1ccc(NC(=O)CCCCCCCCC(=O)Nc2ccc(CCC(=O)NC)cc2)cc1. The van der Waals surface area contributed by atoms with Crippen LogP contribution >= 0.6 is 0 Å². The second-order valence-electron chi connectivity index (χ2n) is 9.46. The Morgan fingerprint density at radius 2 is 0.816 bits per heavy atom. The van der Waals surface area contributed by atoms with Gasteiger partial charge in [0.2, 0.25) is 23.6 Å². The second kappa shape index (κ2) is 17.7. The molecule has 0 unspecified atom stereocenters. The summed E-state index contributed by atoms with van der Waals surface area (Å²) in [5, 5.41) is 11.1. The number of anilines is 2. The van der Waals surface area contributed by atoms with E-state index in [1.165, 1.54) is 0 Å². The Morgan fingerprint density at radius 3 is 1.16 bits per heavy atom. The van der Waals surface area contributed by atoms with Gasteiger partial charge in [0.15, 0.2) is 0 Å². The molecular formula is C30H42N4O4.